The van der Waals surface area contributed by atoms with Crippen LogP contribution in [0.25, 0.3) is 0 Å². The number of aryl methyl sites for hydroxylation is 2. The molecule has 21 heavy (non-hydrogen) atoms. The molecule has 1 aliphatic rings. The number of rotatable bonds is 3. The van der Waals surface area contributed by atoms with E-state index in [0.29, 0.717) is 6.04 Å². The molecular weight excluding hydrogens is 278 g/mol. The van der Waals surface area contributed by atoms with E-state index in [-0.39, 0.29) is 0 Å². The SMILES string of the molecule is Cc1ccc(C(c2cc(C)ns2)N2CCN(C)CC2)cc1. The third-order valence-corrected chi connectivity index (χ3v) is 5.14. The molecule has 4 heteroatoms. The van der Waals surface area contributed by atoms with Gasteiger partial charge in [-0.05, 0) is 44.1 Å². The number of nitrogens with zero attached hydrogens (tertiary/aromatic N) is 3. The Hall–Kier alpha value is -1.23. The van der Waals surface area contributed by atoms with Gasteiger partial charge in [0.1, 0.15) is 0 Å². The van der Waals surface area contributed by atoms with Gasteiger partial charge in [0, 0.05) is 31.1 Å². The molecule has 1 aliphatic heterocycles. The van der Waals surface area contributed by atoms with E-state index in [1.54, 1.807) is 11.5 Å². The summed E-state index contributed by atoms with van der Waals surface area (Å²) in [4.78, 5) is 6.36. The molecule has 1 unspecified atom stereocenters. The fraction of sp³-hybridized carbons (Fsp3) is 0.471. The summed E-state index contributed by atoms with van der Waals surface area (Å²) in [7, 11) is 2.20. The number of hydrogen-bond donors (Lipinski definition) is 0. The molecule has 112 valence electrons. The summed E-state index contributed by atoms with van der Waals surface area (Å²) in [5.74, 6) is 0. The molecule has 0 aliphatic carbocycles. The molecule has 0 bridgehead atoms. The van der Waals surface area contributed by atoms with Gasteiger partial charge in [0.15, 0.2) is 0 Å². The summed E-state index contributed by atoms with van der Waals surface area (Å²) in [5, 5.41) is 0. The predicted molar refractivity (Wildman–Crippen MR) is 88.9 cm³/mol. The average Bonchev–Trinajstić information content (AvgIpc) is 2.90. The number of benzene rings is 1. The fourth-order valence-electron chi connectivity index (χ4n) is 2.90. The van der Waals surface area contributed by atoms with Crippen LogP contribution in [0.2, 0.25) is 0 Å². The van der Waals surface area contributed by atoms with Crippen LogP contribution in [-0.4, -0.2) is 47.4 Å². The molecule has 1 aromatic carbocycles. The van der Waals surface area contributed by atoms with Crippen molar-refractivity contribution in [1.29, 1.82) is 0 Å². The van der Waals surface area contributed by atoms with Gasteiger partial charge >= 0.3 is 0 Å². The molecule has 1 aromatic heterocycles. The van der Waals surface area contributed by atoms with Gasteiger partial charge in [-0.15, -0.1) is 0 Å². The van der Waals surface area contributed by atoms with E-state index in [2.05, 4.69) is 65.4 Å². The fourth-order valence-corrected chi connectivity index (χ4v) is 3.81. The minimum absolute atomic E-state index is 0.352. The van der Waals surface area contributed by atoms with Crippen molar-refractivity contribution in [3.05, 3.63) is 52.0 Å². The van der Waals surface area contributed by atoms with Crippen LogP contribution in [0, 0.1) is 13.8 Å². The van der Waals surface area contributed by atoms with E-state index in [4.69, 9.17) is 0 Å². The van der Waals surface area contributed by atoms with Crippen molar-refractivity contribution in [2.75, 3.05) is 33.2 Å². The minimum atomic E-state index is 0.352. The van der Waals surface area contributed by atoms with Gasteiger partial charge in [-0.3, -0.25) is 4.90 Å². The van der Waals surface area contributed by atoms with Crippen LogP contribution in [0.1, 0.15) is 27.7 Å². The highest BCUT2D eigenvalue weighted by Gasteiger charge is 2.26. The maximum atomic E-state index is 4.49. The maximum Gasteiger partial charge on any atom is 0.0713 e. The van der Waals surface area contributed by atoms with Crippen LogP contribution in [0.15, 0.2) is 30.3 Å². The molecule has 0 spiro atoms. The van der Waals surface area contributed by atoms with E-state index >= 15 is 0 Å². The first-order chi connectivity index (χ1) is 10.1. The summed E-state index contributed by atoms with van der Waals surface area (Å²) < 4.78 is 4.49. The van der Waals surface area contributed by atoms with Crippen LogP contribution in [-0.2, 0) is 0 Å². The zero-order valence-electron chi connectivity index (χ0n) is 13.0. The quantitative estimate of drug-likeness (QED) is 0.868. The Morgan fingerprint density at radius 3 is 2.29 bits per heavy atom. The van der Waals surface area contributed by atoms with Crippen molar-refractivity contribution in [3.63, 3.8) is 0 Å². The Labute approximate surface area is 131 Å². The first-order valence-corrected chi connectivity index (χ1v) is 8.33. The third-order valence-electron chi connectivity index (χ3n) is 4.21. The van der Waals surface area contributed by atoms with Gasteiger partial charge in [0.05, 0.1) is 11.7 Å². The molecule has 0 N–H and O–H groups in total. The van der Waals surface area contributed by atoms with E-state index in [9.17, 15) is 0 Å². The first kappa shape index (κ1) is 14.7. The molecule has 3 rings (SSSR count). The van der Waals surface area contributed by atoms with E-state index in [0.717, 1.165) is 31.9 Å². The number of piperazine rings is 1. The van der Waals surface area contributed by atoms with E-state index in [1.807, 2.05) is 0 Å². The van der Waals surface area contributed by atoms with Gasteiger partial charge in [0.25, 0.3) is 0 Å². The van der Waals surface area contributed by atoms with Gasteiger partial charge in [-0.25, -0.2) is 0 Å². The molecule has 3 nitrogen and oxygen atoms in total. The molecule has 0 radical (unpaired) electrons. The summed E-state index contributed by atoms with van der Waals surface area (Å²) in [6, 6.07) is 11.6. The van der Waals surface area contributed by atoms with Crippen molar-refractivity contribution in [1.82, 2.24) is 14.2 Å². The second-order valence-corrected chi connectivity index (χ2v) is 6.86. The van der Waals surface area contributed by atoms with Crippen molar-refractivity contribution in [2.45, 2.75) is 19.9 Å². The Balaban J connectivity index is 1.92. The summed E-state index contributed by atoms with van der Waals surface area (Å²) >= 11 is 1.65. The highest BCUT2D eigenvalue weighted by atomic mass is 32.1. The molecule has 1 atom stereocenters. The summed E-state index contributed by atoms with van der Waals surface area (Å²) in [6.45, 7) is 8.74. The van der Waals surface area contributed by atoms with Crippen molar-refractivity contribution < 1.29 is 0 Å². The van der Waals surface area contributed by atoms with Crippen molar-refractivity contribution in [2.24, 2.45) is 0 Å². The number of likely N-dealkylation sites (N-methyl/N-ethyl adjacent to an activating group) is 1. The van der Waals surface area contributed by atoms with E-state index in [1.165, 1.54) is 16.0 Å². The first-order valence-electron chi connectivity index (χ1n) is 7.56. The van der Waals surface area contributed by atoms with Crippen LogP contribution < -0.4 is 0 Å². The zero-order valence-corrected chi connectivity index (χ0v) is 13.9. The van der Waals surface area contributed by atoms with Gasteiger partial charge < -0.3 is 4.90 Å². The van der Waals surface area contributed by atoms with Gasteiger partial charge in [0.2, 0.25) is 0 Å². The van der Waals surface area contributed by atoms with Gasteiger partial charge in [-0.2, -0.15) is 4.37 Å². The highest BCUT2D eigenvalue weighted by Crippen LogP contribution is 2.32. The van der Waals surface area contributed by atoms with Crippen LogP contribution in [0.4, 0.5) is 0 Å². The van der Waals surface area contributed by atoms with Crippen LogP contribution >= 0.6 is 11.5 Å². The molecule has 0 saturated carbocycles. The van der Waals surface area contributed by atoms with Gasteiger partial charge in [-0.1, -0.05) is 29.8 Å². The average molecular weight is 301 g/mol. The topological polar surface area (TPSA) is 19.4 Å². The number of aromatic nitrogens is 1. The lowest BCUT2D eigenvalue weighted by molar-refractivity contribution is 0.128. The second-order valence-electron chi connectivity index (χ2n) is 6.02. The third kappa shape index (κ3) is 3.34. The Morgan fingerprint density at radius 1 is 1.05 bits per heavy atom. The van der Waals surface area contributed by atoms with Crippen molar-refractivity contribution >= 4 is 11.5 Å². The molecule has 2 heterocycles. The molecule has 1 saturated heterocycles. The zero-order chi connectivity index (χ0) is 14.8. The molecule has 1 fully saturated rings. The normalized spacial score (nSPS) is 18.8. The standard InChI is InChI=1S/C17H23N3S/c1-13-4-6-15(7-5-13)17(16-12-14(2)18-21-16)20-10-8-19(3)9-11-20/h4-7,12,17H,8-11H2,1-3H3. The van der Waals surface area contributed by atoms with Crippen molar-refractivity contribution in [3.8, 4) is 0 Å². The maximum absolute atomic E-state index is 4.49. The molecular formula is C17H23N3S. The predicted octanol–water partition coefficient (Wildman–Crippen LogP) is 3.10. The Bertz CT molecular complexity index is 582. The lowest BCUT2D eigenvalue weighted by atomic mass is 10.0. The second kappa shape index (κ2) is 6.26. The monoisotopic (exact) mass is 301 g/mol. The summed E-state index contributed by atoms with van der Waals surface area (Å²) in [6.07, 6.45) is 0. The Morgan fingerprint density at radius 2 is 1.71 bits per heavy atom. The lowest BCUT2D eigenvalue weighted by Gasteiger charge is -2.37. The largest absolute Gasteiger partial charge is 0.304 e. The smallest absolute Gasteiger partial charge is 0.0713 e. The minimum Gasteiger partial charge on any atom is -0.304 e. The van der Waals surface area contributed by atoms with E-state index < -0.39 is 0 Å². The lowest BCUT2D eigenvalue weighted by Crippen LogP contribution is -2.46. The Kier molecular flexibility index (Phi) is 4.38. The molecule has 2 aromatic rings. The summed E-state index contributed by atoms with van der Waals surface area (Å²) in [5.41, 5.74) is 3.83. The van der Waals surface area contributed by atoms with Crippen LogP contribution in [0.5, 0.6) is 0 Å². The highest BCUT2D eigenvalue weighted by molar-refractivity contribution is 7.05. The molecule has 0 amide bonds. The van der Waals surface area contributed by atoms with Crippen LogP contribution in [0.3, 0.4) is 0 Å². The number of hydrogen-bond acceptors (Lipinski definition) is 4.